The van der Waals surface area contributed by atoms with Gasteiger partial charge in [-0.15, -0.1) is 0 Å². The second-order valence-corrected chi connectivity index (χ2v) is 5.27. The van der Waals surface area contributed by atoms with Crippen LogP contribution in [-0.4, -0.2) is 24.6 Å². The number of hydrogen-bond acceptors (Lipinski definition) is 4. The minimum atomic E-state index is 0.554. The Morgan fingerprint density at radius 1 is 1.20 bits per heavy atom. The first kappa shape index (κ1) is 16.8. The average molecular weight is 344 g/mol. The third-order valence-corrected chi connectivity index (χ3v) is 3.37. The molecule has 0 heterocycles. The van der Waals surface area contributed by atoms with Crippen molar-refractivity contribution in [1.29, 1.82) is 0 Å². The molecule has 1 N–H and O–H groups in total. The molecule has 0 amide bonds. The van der Waals surface area contributed by atoms with E-state index in [1.807, 2.05) is 13.0 Å². The van der Waals surface area contributed by atoms with Crippen LogP contribution in [0, 0.1) is 0 Å². The van der Waals surface area contributed by atoms with Crippen molar-refractivity contribution in [1.82, 2.24) is 0 Å². The Kier molecular flexibility index (Phi) is 8.11. The lowest BCUT2D eigenvalue weighted by Crippen LogP contribution is -2.02. The quantitative estimate of drug-likeness (QED) is 0.308. The Morgan fingerprint density at radius 3 is 2.65 bits per heavy atom. The van der Waals surface area contributed by atoms with Gasteiger partial charge in [0.15, 0.2) is 11.5 Å². The van der Waals surface area contributed by atoms with Crippen molar-refractivity contribution in [2.24, 2.45) is 5.16 Å². The van der Waals surface area contributed by atoms with Gasteiger partial charge in [-0.05, 0) is 41.4 Å². The summed E-state index contributed by atoms with van der Waals surface area (Å²) in [6.45, 7) is 5.34. The van der Waals surface area contributed by atoms with Gasteiger partial charge in [-0.2, -0.15) is 0 Å². The summed E-state index contributed by atoms with van der Waals surface area (Å²) in [7, 11) is 0. The molecule has 0 saturated heterocycles. The van der Waals surface area contributed by atoms with Crippen LogP contribution in [-0.2, 0) is 0 Å². The zero-order valence-electron chi connectivity index (χ0n) is 12.1. The van der Waals surface area contributed by atoms with E-state index in [-0.39, 0.29) is 0 Å². The van der Waals surface area contributed by atoms with Gasteiger partial charge in [0.2, 0.25) is 0 Å². The number of nitrogens with zero attached hydrogens (tertiary/aromatic N) is 1. The summed E-state index contributed by atoms with van der Waals surface area (Å²) in [4.78, 5) is 0. The SMILES string of the molecule is CCCCCCOc1c(Br)cc(C=NO)cc1OCC. The van der Waals surface area contributed by atoms with E-state index in [0.717, 1.165) is 16.5 Å². The lowest BCUT2D eigenvalue weighted by Gasteiger charge is -2.14. The fourth-order valence-corrected chi connectivity index (χ4v) is 2.41. The van der Waals surface area contributed by atoms with Crippen LogP contribution in [0.2, 0.25) is 0 Å². The van der Waals surface area contributed by atoms with Gasteiger partial charge in [0, 0.05) is 5.56 Å². The smallest absolute Gasteiger partial charge is 0.175 e. The number of rotatable bonds is 9. The van der Waals surface area contributed by atoms with Crippen LogP contribution in [0.1, 0.15) is 45.1 Å². The molecule has 1 aromatic rings. The number of oxime groups is 1. The molecule has 0 fully saturated rings. The van der Waals surface area contributed by atoms with Crippen molar-refractivity contribution in [3.63, 3.8) is 0 Å². The fourth-order valence-electron chi connectivity index (χ4n) is 1.84. The van der Waals surface area contributed by atoms with Gasteiger partial charge in [0.05, 0.1) is 23.9 Å². The maximum Gasteiger partial charge on any atom is 0.175 e. The van der Waals surface area contributed by atoms with Gasteiger partial charge in [-0.3, -0.25) is 0 Å². The molecule has 112 valence electrons. The van der Waals surface area contributed by atoms with Crippen molar-refractivity contribution in [3.05, 3.63) is 22.2 Å². The molecule has 1 aromatic carbocycles. The Balaban J connectivity index is 2.76. The molecule has 0 bridgehead atoms. The largest absolute Gasteiger partial charge is 0.490 e. The van der Waals surface area contributed by atoms with E-state index in [1.165, 1.54) is 25.5 Å². The number of benzene rings is 1. The summed E-state index contributed by atoms with van der Waals surface area (Å²) < 4.78 is 12.2. The Bertz CT molecular complexity index is 435. The summed E-state index contributed by atoms with van der Waals surface area (Å²) in [5.41, 5.74) is 0.751. The molecule has 20 heavy (non-hydrogen) atoms. The second-order valence-electron chi connectivity index (χ2n) is 4.42. The lowest BCUT2D eigenvalue weighted by atomic mass is 10.2. The van der Waals surface area contributed by atoms with Crippen LogP contribution in [0.5, 0.6) is 11.5 Å². The first-order valence-corrected chi connectivity index (χ1v) is 7.78. The molecule has 0 aliphatic carbocycles. The summed E-state index contributed by atoms with van der Waals surface area (Å²) >= 11 is 3.47. The van der Waals surface area contributed by atoms with Gasteiger partial charge >= 0.3 is 0 Å². The molecule has 0 atom stereocenters. The maximum atomic E-state index is 8.61. The van der Waals surface area contributed by atoms with Crippen LogP contribution in [0.25, 0.3) is 0 Å². The van der Waals surface area contributed by atoms with E-state index in [0.29, 0.717) is 24.7 Å². The van der Waals surface area contributed by atoms with E-state index in [1.54, 1.807) is 6.07 Å². The number of ether oxygens (including phenoxy) is 2. The number of unbranched alkanes of at least 4 members (excludes halogenated alkanes) is 3. The Hall–Kier alpha value is -1.23. The van der Waals surface area contributed by atoms with E-state index in [4.69, 9.17) is 14.7 Å². The van der Waals surface area contributed by atoms with Crippen LogP contribution >= 0.6 is 15.9 Å². The number of halogens is 1. The second kappa shape index (κ2) is 9.64. The summed E-state index contributed by atoms with van der Waals surface area (Å²) in [5, 5.41) is 11.6. The van der Waals surface area contributed by atoms with Crippen LogP contribution in [0.4, 0.5) is 0 Å². The van der Waals surface area contributed by atoms with Gasteiger partial charge in [-0.25, -0.2) is 0 Å². The molecule has 0 aliphatic rings. The molecule has 5 heteroatoms. The van der Waals surface area contributed by atoms with Gasteiger partial charge < -0.3 is 14.7 Å². The van der Waals surface area contributed by atoms with Crippen molar-refractivity contribution in [3.8, 4) is 11.5 Å². The number of hydrogen-bond donors (Lipinski definition) is 1. The molecule has 0 saturated carbocycles. The normalized spacial score (nSPS) is 10.9. The predicted molar refractivity (Wildman–Crippen MR) is 84.3 cm³/mol. The maximum absolute atomic E-state index is 8.61. The van der Waals surface area contributed by atoms with E-state index < -0.39 is 0 Å². The highest BCUT2D eigenvalue weighted by Crippen LogP contribution is 2.36. The first-order chi connectivity index (χ1) is 9.72. The minimum Gasteiger partial charge on any atom is -0.490 e. The van der Waals surface area contributed by atoms with Crippen molar-refractivity contribution in [2.45, 2.75) is 39.5 Å². The molecule has 1 rings (SSSR count). The van der Waals surface area contributed by atoms with E-state index >= 15 is 0 Å². The molecular formula is C15H22BrNO3. The molecule has 0 radical (unpaired) electrons. The van der Waals surface area contributed by atoms with Crippen LogP contribution in [0.15, 0.2) is 21.8 Å². The summed E-state index contributed by atoms with van der Waals surface area (Å²) in [6, 6.07) is 3.64. The Labute approximate surface area is 128 Å². The molecular weight excluding hydrogens is 322 g/mol. The standard InChI is InChI=1S/C15H22BrNO3/c1-3-5-6-7-8-20-15-13(16)9-12(11-17-18)10-14(15)19-4-2/h9-11,18H,3-8H2,1-2H3. The monoisotopic (exact) mass is 343 g/mol. The van der Waals surface area contributed by atoms with Crippen LogP contribution < -0.4 is 9.47 Å². The zero-order chi connectivity index (χ0) is 14.8. The lowest BCUT2D eigenvalue weighted by molar-refractivity contribution is 0.269. The highest BCUT2D eigenvalue weighted by atomic mass is 79.9. The predicted octanol–water partition coefficient (Wildman–Crippen LogP) is 4.62. The van der Waals surface area contributed by atoms with Gasteiger partial charge in [-0.1, -0.05) is 31.3 Å². The Morgan fingerprint density at radius 2 is 2.00 bits per heavy atom. The topological polar surface area (TPSA) is 51.0 Å². The minimum absolute atomic E-state index is 0.554. The van der Waals surface area contributed by atoms with E-state index in [2.05, 4.69) is 28.0 Å². The summed E-state index contributed by atoms with van der Waals surface area (Å²) in [5.74, 6) is 1.37. The molecule has 0 aliphatic heterocycles. The molecule has 4 nitrogen and oxygen atoms in total. The summed E-state index contributed by atoms with van der Waals surface area (Å²) in [6.07, 6.45) is 6.01. The van der Waals surface area contributed by atoms with E-state index in [9.17, 15) is 0 Å². The third-order valence-electron chi connectivity index (χ3n) is 2.78. The highest BCUT2D eigenvalue weighted by Gasteiger charge is 2.11. The van der Waals surface area contributed by atoms with Gasteiger partial charge in [0.1, 0.15) is 0 Å². The van der Waals surface area contributed by atoms with Crippen molar-refractivity contribution in [2.75, 3.05) is 13.2 Å². The first-order valence-electron chi connectivity index (χ1n) is 6.99. The average Bonchev–Trinajstić information content (AvgIpc) is 2.42. The van der Waals surface area contributed by atoms with Crippen molar-refractivity contribution < 1.29 is 14.7 Å². The zero-order valence-corrected chi connectivity index (χ0v) is 13.6. The highest BCUT2D eigenvalue weighted by molar-refractivity contribution is 9.10. The molecule has 0 aromatic heterocycles. The fraction of sp³-hybridized carbons (Fsp3) is 0.533. The van der Waals surface area contributed by atoms with Gasteiger partial charge in [0.25, 0.3) is 0 Å². The van der Waals surface area contributed by atoms with Crippen molar-refractivity contribution >= 4 is 22.1 Å². The molecule has 0 spiro atoms. The van der Waals surface area contributed by atoms with Crippen LogP contribution in [0.3, 0.4) is 0 Å². The molecule has 0 unspecified atom stereocenters. The third kappa shape index (κ3) is 5.41.